The largest absolute Gasteiger partial charge is 0.305 e. The van der Waals surface area contributed by atoms with Gasteiger partial charge in [0.15, 0.2) is 0 Å². The fraction of sp³-hybridized carbons (Fsp3) is 0.438. The van der Waals surface area contributed by atoms with E-state index < -0.39 is 0 Å². The maximum atomic E-state index is 4.56. The lowest BCUT2D eigenvalue weighted by molar-refractivity contribution is 0.573. The molecule has 0 bridgehead atoms. The summed E-state index contributed by atoms with van der Waals surface area (Å²) in [7, 11) is 1.96. The van der Waals surface area contributed by atoms with E-state index >= 15 is 0 Å². The molecule has 0 amide bonds. The number of hydrogen-bond donors (Lipinski definition) is 1. The molecule has 2 aromatic rings. The summed E-state index contributed by atoms with van der Waals surface area (Å²) < 4.78 is 1.86. The Labute approximate surface area is 115 Å². The highest BCUT2D eigenvalue weighted by molar-refractivity contribution is 5.36. The highest BCUT2D eigenvalue weighted by atomic mass is 15.3. The Hall–Kier alpha value is -1.61. The van der Waals surface area contributed by atoms with Crippen molar-refractivity contribution >= 4 is 0 Å². The Bertz CT molecular complexity index is 543. The lowest BCUT2D eigenvalue weighted by atomic mass is 9.97. The molecule has 2 rings (SSSR count). The quantitative estimate of drug-likeness (QED) is 0.892. The smallest absolute Gasteiger partial charge is 0.0839 e. The molecule has 0 aliphatic carbocycles. The van der Waals surface area contributed by atoms with Gasteiger partial charge >= 0.3 is 0 Å². The summed E-state index contributed by atoms with van der Waals surface area (Å²) in [5.74, 6) is 0. The maximum Gasteiger partial charge on any atom is 0.0839 e. The molecule has 0 spiro atoms. The molecular formula is C16H23N3. The van der Waals surface area contributed by atoms with Gasteiger partial charge in [-0.2, -0.15) is 5.10 Å². The van der Waals surface area contributed by atoms with E-state index in [1.54, 1.807) is 0 Å². The monoisotopic (exact) mass is 257 g/mol. The van der Waals surface area contributed by atoms with Crippen LogP contribution in [0.25, 0.3) is 0 Å². The predicted molar refractivity (Wildman–Crippen MR) is 79.3 cm³/mol. The van der Waals surface area contributed by atoms with Crippen molar-refractivity contribution in [2.75, 3.05) is 6.54 Å². The molecule has 1 aromatic heterocycles. The van der Waals surface area contributed by atoms with Crippen LogP contribution in [0.4, 0.5) is 0 Å². The van der Waals surface area contributed by atoms with E-state index in [4.69, 9.17) is 0 Å². The van der Waals surface area contributed by atoms with Crippen molar-refractivity contribution in [1.29, 1.82) is 0 Å². The zero-order chi connectivity index (χ0) is 13.8. The van der Waals surface area contributed by atoms with Gasteiger partial charge in [-0.15, -0.1) is 0 Å². The predicted octanol–water partition coefficient (Wildman–Crippen LogP) is 3.13. The van der Waals surface area contributed by atoms with Gasteiger partial charge < -0.3 is 5.32 Å². The Balaban J connectivity index is 2.36. The van der Waals surface area contributed by atoms with Gasteiger partial charge in [0, 0.05) is 13.2 Å². The molecule has 1 N–H and O–H groups in total. The summed E-state index contributed by atoms with van der Waals surface area (Å²) in [5, 5.41) is 8.16. The highest BCUT2D eigenvalue weighted by Crippen LogP contribution is 2.24. The van der Waals surface area contributed by atoms with Gasteiger partial charge in [-0.1, -0.05) is 30.7 Å². The van der Waals surface area contributed by atoms with Crippen LogP contribution in [-0.2, 0) is 7.05 Å². The van der Waals surface area contributed by atoms with Crippen molar-refractivity contribution in [2.24, 2.45) is 7.05 Å². The average Bonchev–Trinajstić information content (AvgIpc) is 2.78. The average molecular weight is 257 g/mol. The van der Waals surface area contributed by atoms with Crippen LogP contribution in [0, 0.1) is 13.8 Å². The molecule has 102 valence electrons. The first-order valence-corrected chi connectivity index (χ1v) is 6.92. The SMILES string of the molecule is CCCNC(c1ccn(C)n1)c1ccc(C)cc1C. The van der Waals surface area contributed by atoms with Crippen molar-refractivity contribution in [3.8, 4) is 0 Å². The zero-order valence-corrected chi connectivity index (χ0v) is 12.3. The fourth-order valence-corrected chi connectivity index (χ4v) is 2.40. The topological polar surface area (TPSA) is 29.9 Å². The van der Waals surface area contributed by atoms with E-state index in [9.17, 15) is 0 Å². The first-order chi connectivity index (χ1) is 9.11. The molecule has 0 aliphatic rings. The highest BCUT2D eigenvalue weighted by Gasteiger charge is 2.17. The van der Waals surface area contributed by atoms with Crippen molar-refractivity contribution in [1.82, 2.24) is 15.1 Å². The van der Waals surface area contributed by atoms with Crippen LogP contribution >= 0.6 is 0 Å². The Morgan fingerprint density at radius 2 is 2.05 bits per heavy atom. The minimum atomic E-state index is 0.182. The molecular weight excluding hydrogens is 234 g/mol. The van der Waals surface area contributed by atoms with Crippen molar-refractivity contribution in [3.63, 3.8) is 0 Å². The normalized spacial score (nSPS) is 12.6. The first kappa shape index (κ1) is 13.8. The summed E-state index contributed by atoms with van der Waals surface area (Å²) >= 11 is 0. The van der Waals surface area contributed by atoms with E-state index in [-0.39, 0.29) is 6.04 Å². The summed E-state index contributed by atoms with van der Waals surface area (Å²) in [5.41, 5.74) is 5.02. The van der Waals surface area contributed by atoms with Crippen LogP contribution in [0.1, 0.15) is 41.8 Å². The Kier molecular flexibility index (Phi) is 4.38. The van der Waals surface area contributed by atoms with Gasteiger partial charge in [0.2, 0.25) is 0 Å². The van der Waals surface area contributed by atoms with Crippen molar-refractivity contribution in [3.05, 3.63) is 52.8 Å². The van der Waals surface area contributed by atoms with Gasteiger partial charge in [-0.05, 0) is 44.0 Å². The third-order valence-corrected chi connectivity index (χ3v) is 3.36. The Morgan fingerprint density at radius 3 is 2.63 bits per heavy atom. The lowest BCUT2D eigenvalue weighted by Gasteiger charge is -2.19. The molecule has 0 saturated carbocycles. The van der Waals surface area contributed by atoms with Gasteiger partial charge in [0.05, 0.1) is 11.7 Å². The van der Waals surface area contributed by atoms with Gasteiger partial charge in [-0.3, -0.25) is 4.68 Å². The second-order valence-corrected chi connectivity index (χ2v) is 5.16. The van der Waals surface area contributed by atoms with E-state index in [1.165, 1.54) is 16.7 Å². The van der Waals surface area contributed by atoms with Crippen LogP contribution in [-0.4, -0.2) is 16.3 Å². The third-order valence-electron chi connectivity index (χ3n) is 3.36. The number of nitrogens with zero attached hydrogens (tertiary/aromatic N) is 2. The van der Waals surface area contributed by atoms with Crippen molar-refractivity contribution in [2.45, 2.75) is 33.2 Å². The van der Waals surface area contributed by atoms with Crippen LogP contribution in [0.2, 0.25) is 0 Å². The molecule has 3 heteroatoms. The molecule has 1 aromatic carbocycles. The zero-order valence-electron chi connectivity index (χ0n) is 12.3. The molecule has 1 unspecified atom stereocenters. The van der Waals surface area contributed by atoms with Crippen LogP contribution in [0.3, 0.4) is 0 Å². The second-order valence-electron chi connectivity index (χ2n) is 5.16. The van der Waals surface area contributed by atoms with Crippen LogP contribution in [0.5, 0.6) is 0 Å². The molecule has 0 fully saturated rings. The number of rotatable bonds is 5. The number of nitrogens with one attached hydrogen (secondary N) is 1. The van der Waals surface area contributed by atoms with E-state index in [2.05, 4.69) is 55.5 Å². The number of benzene rings is 1. The number of hydrogen-bond acceptors (Lipinski definition) is 2. The Morgan fingerprint density at radius 1 is 1.26 bits per heavy atom. The summed E-state index contributed by atoms with van der Waals surface area (Å²) in [4.78, 5) is 0. The standard InChI is InChI=1S/C16H23N3/c1-5-9-17-16(15-8-10-19(4)18-15)14-7-6-12(2)11-13(14)3/h6-8,10-11,16-17H,5,9H2,1-4H3. The molecule has 0 radical (unpaired) electrons. The maximum absolute atomic E-state index is 4.56. The van der Waals surface area contributed by atoms with Gasteiger partial charge in [0.25, 0.3) is 0 Å². The van der Waals surface area contributed by atoms with E-state index in [0.717, 1.165) is 18.7 Å². The van der Waals surface area contributed by atoms with E-state index in [1.807, 2.05) is 17.9 Å². The molecule has 1 heterocycles. The summed E-state index contributed by atoms with van der Waals surface area (Å²) in [6.07, 6.45) is 3.12. The molecule has 1 atom stereocenters. The van der Waals surface area contributed by atoms with Crippen molar-refractivity contribution < 1.29 is 0 Å². The molecule has 0 saturated heterocycles. The fourth-order valence-electron chi connectivity index (χ4n) is 2.40. The third kappa shape index (κ3) is 3.24. The van der Waals surface area contributed by atoms with E-state index in [0.29, 0.717) is 0 Å². The van der Waals surface area contributed by atoms with Crippen LogP contribution in [0.15, 0.2) is 30.5 Å². The van der Waals surface area contributed by atoms with Gasteiger partial charge in [-0.25, -0.2) is 0 Å². The molecule has 19 heavy (non-hydrogen) atoms. The molecule has 0 aliphatic heterocycles. The minimum Gasteiger partial charge on any atom is -0.305 e. The van der Waals surface area contributed by atoms with Gasteiger partial charge in [0.1, 0.15) is 0 Å². The lowest BCUT2D eigenvalue weighted by Crippen LogP contribution is -2.24. The first-order valence-electron chi connectivity index (χ1n) is 6.92. The minimum absolute atomic E-state index is 0.182. The molecule has 3 nitrogen and oxygen atoms in total. The summed E-state index contributed by atoms with van der Waals surface area (Å²) in [6, 6.07) is 8.89. The second kappa shape index (κ2) is 6.02. The van der Waals surface area contributed by atoms with Crippen LogP contribution < -0.4 is 5.32 Å². The summed E-state index contributed by atoms with van der Waals surface area (Å²) in [6.45, 7) is 7.48. The number of aromatic nitrogens is 2. The number of aryl methyl sites for hydroxylation is 3.